The molecular formula is C23H24N2O5S. The van der Waals surface area contributed by atoms with Crippen molar-refractivity contribution in [1.29, 1.82) is 0 Å². The van der Waals surface area contributed by atoms with Crippen LogP contribution in [0.4, 0.5) is 0 Å². The predicted molar refractivity (Wildman–Crippen MR) is 118 cm³/mol. The number of esters is 1. The lowest BCUT2D eigenvalue weighted by Gasteiger charge is -2.12. The van der Waals surface area contributed by atoms with Gasteiger partial charge in [-0.25, -0.2) is 9.78 Å². The largest absolute Gasteiger partial charge is 0.497 e. The van der Waals surface area contributed by atoms with Gasteiger partial charge < -0.3 is 9.47 Å². The first-order chi connectivity index (χ1) is 14.9. The number of fused-ring (bicyclic) bond motifs is 2. The van der Waals surface area contributed by atoms with Crippen molar-refractivity contribution >= 4 is 33.3 Å². The zero-order valence-electron chi connectivity index (χ0n) is 17.8. The van der Waals surface area contributed by atoms with Crippen LogP contribution in [0.15, 0.2) is 29.1 Å². The second-order valence-electron chi connectivity index (χ2n) is 7.67. The Kier molecular flexibility index (Phi) is 5.91. The third-order valence-electron chi connectivity index (χ3n) is 5.62. The Bertz CT molecular complexity index is 1210. The monoisotopic (exact) mass is 440 g/mol. The lowest BCUT2D eigenvalue weighted by atomic mass is 10.1. The van der Waals surface area contributed by atoms with E-state index >= 15 is 0 Å². The molecular weight excluding hydrogens is 416 g/mol. The second kappa shape index (κ2) is 8.63. The molecule has 31 heavy (non-hydrogen) atoms. The van der Waals surface area contributed by atoms with Crippen molar-refractivity contribution in [2.45, 2.75) is 52.2 Å². The summed E-state index contributed by atoms with van der Waals surface area (Å²) in [5.41, 5.74) is 0.890. The van der Waals surface area contributed by atoms with Crippen LogP contribution in [-0.2, 0) is 17.7 Å². The van der Waals surface area contributed by atoms with Gasteiger partial charge in [0.2, 0.25) is 5.78 Å². The van der Waals surface area contributed by atoms with Gasteiger partial charge in [-0.1, -0.05) is 6.42 Å². The molecule has 0 amide bonds. The quantitative estimate of drug-likeness (QED) is 0.441. The van der Waals surface area contributed by atoms with Gasteiger partial charge in [-0.2, -0.15) is 0 Å². The summed E-state index contributed by atoms with van der Waals surface area (Å²) in [6.45, 7) is 3.93. The number of hydrogen-bond acceptors (Lipinski definition) is 7. The number of aryl methyl sites for hydroxylation is 2. The number of nitrogens with zero attached hydrogens (tertiary/aromatic N) is 2. The summed E-state index contributed by atoms with van der Waals surface area (Å²) in [7, 11) is 1.55. The molecule has 4 rings (SSSR count). The highest BCUT2D eigenvalue weighted by Crippen LogP contribution is 2.29. The summed E-state index contributed by atoms with van der Waals surface area (Å²) in [5.74, 6) is 0.493. The summed E-state index contributed by atoms with van der Waals surface area (Å²) >= 11 is 1.15. The highest BCUT2D eigenvalue weighted by Gasteiger charge is 2.26. The maximum absolute atomic E-state index is 13.1. The van der Waals surface area contributed by atoms with Crippen molar-refractivity contribution in [2.75, 3.05) is 7.11 Å². The lowest BCUT2D eigenvalue weighted by Crippen LogP contribution is -2.25. The minimum atomic E-state index is -0.962. The minimum absolute atomic E-state index is 0.0999. The van der Waals surface area contributed by atoms with E-state index in [1.807, 2.05) is 0 Å². The molecule has 0 radical (unpaired) electrons. The predicted octanol–water partition coefficient (Wildman–Crippen LogP) is 3.93. The van der Waals surface area contributed by atoms with Gasteiger partial charge in [-0.15, -0.1) is 11.3 Å². The van der Waals surface area contributed by atoms with Crippen molar-refractivity contribution in [3.05, 3.63) is 56.4 Å². The molecule has 1 unspecified atom stereocenters. The van der Waals surface area contributed by atoms with Crippen molar-refractivity contribution < 1.29 is 19.1 Å². The van der Waals surface area contributed by atoms with Crippen molar-refractivity contribution in [3.8, 4) is 5.75 Å². The first-order valence-corrected chi connectivity index (χ1v) is 11.1. The zero-order valence-corrected chi connectivity index (χ0v) is 18.6. The van der Waals surface area contributed by atoms with Crippen LogP contribution in [-0.4, -0.2) is 34.5 Å². The van der Waals surface area contributed by atoms with Gasteiger partial charge in [0.25, 0.3) is 5.56 Å². The van der Waals surface area contributed by atoms with Crippen LogP contribution in [0.1, 0.15) is 57.6 Å². The van der Waals surface area contributed by atoms with Gasteiger partial charge in [0, 0.05) is 18.5 Å². The highest BCUT2D eigenvalue weighted by atomic mass is 32.1. The Morgan fingerprint density at radius 1 is 1.16 bits per heavy atom. The summed E-state index contributed by atoms with van der Waals surface area (Å²) in [6, 6.07) is 6.63. The molecule has 1 aromatic carbocycles. The third-order valence-corrected chi connectivity index (χ3v) is 6.79. The Balaban J connectivity index is 1.60. The number of hydrogen-bond donors (Lipinski definition) is 0. The number of carbonyl (C=O) groups excluding carboxylic acids is 2. The summed E-state index contributed by atoms with van der Waals surface area (Å²) < 4.78 is 12.3. The molecule has 3 heterocycles. The van der Waals surface area contributed by atoms with E-state index in [4.69, 9.17) is 9.47 Å². The molecule has 1 atom stereocenters. The molecule has 162 valence electrons. The zero-order chi connectivity index (χ0) is 22.1. The van der Waals surface area contributed by atoms with Gasteiger partial charge in [0.1, 0.15) is 21.3 Å². The van der Waals surface area contributed by atoms with Gasteiger partial charge in [0.15, 0.2) is 6.10 Å². The fourth-order valence-electron chi connectivity index (χ4n) is 3.86. The molecule has 7 nitrogen and oxygen atoms in total. The number of thiophene rings is 1. The molecule has 0 saturated carbocycles. The maximum Gasteiger partial charge on any atom is 0.349 e. The molecule has 2 aromatic heterocycles. The minimum Gasteiger partial charge on any atom is -0.497 e. The van der Waals surface area contributed by atoms with Crippen LogP contribution in [0.2, 0.25) is 0 Å². The van der Waals surface area contributed by atoms with E-state index in [0.717, 1.165) is 42.8 Å². The Morgan fingerprint density at radius 3 is 2.61 bits per heavy atom. The van der Waals surface area contributed by atoms with Gasteiger partial charge in [-0.3, -0.25) is 14.2 Å². The number of aromatic nitrogens is 2. The molecule has 0 bridgehead atoms. The first kappa shape index (κ1) is 21.2. The normalized spacial score (nSPS) is 14.5. The van der Waals surface area contributed by atoms with E-state index in [-0.39, 0.29) is 11.3 Å². The van der Waals surface area contributed by atoms with Crippen LogP contribution in [0.5, 0.6) is 5.75 Å². The standard InChI is InChI=1S/C23H24N2O5S/c1-13-18-21(24-17-7-5-4-6-12-25(17)22(18)27)31-20(13)23(28)30-14(2)19(26)15-8-10-16(29-3)11-9-15/h8-11,14H,4-7,12H2,1-3H3. The summed E-state index contributed by atoms with van der Waals surface area (Å²) in [6.07, 6.45) is 2.82. The topological polar surface area (TPSA) is 87.5 Å². The second-order valence-corrected chi connectivity index (χ2v) is 8.67. The smallest absolute Gasteiger partial charge is 0.349 e. The van der Waals surface area contributed by atoms with Gasteiger partial charge in [-0.05, 0) is 56.5 Å². The fourth-order valence-corrected chi connectivity index (χ4v) is 4.94. The molecule has 0 spiro atoms. The van der Waals surface area contributed by atoms with E-state index < -0.39 is 12.1 Å². The third kappa shape index (κ3) is 3.99. The number of ketones is 1. The number of methoxy groups -OCH3 is 1. The van der Waals surface area contributed by atoms with E-state index in [9.17, 15) is 14.4 Å². The number of rotatable bonds is 5. The average molecular weight is 441 g/mol. The summed E-state index contributed by atoms with van der Waals surface area (Å²) in [5, 5.41) is 0.469. The lowest BCUT2D eigenvalue weighted by molar-refractivity contribution is 0.0323. The SMILES string of the molecule is COc1ccc(C(=O)C(C)OC(=O)c2sc3nc4n(c(=O)c3c2C)CCCCC4)cc1. The first-order valence-electron chi connectivity index (χ1n) is 10.3. The Morgan fingerprint density at radius 2 is 1.90 bits per heavy atom. The van der Waals surface area contributed by atoms with Crippen LogP contribution in [0.3, 0.4) is 0 Å². The van der Waals surface area contributed by atoms with E-state index in [1.54, 1.807) is 49.8 Å². The molecule has 0 N–H and O–H groups in total. The molecule has 1 aliphatic rings. The van der Waals surface area contributed by atoms with Crippen LogP contribution >= 0.6 is 11.3 Å². The van der Waals surface area contributed by atoms with E-state index in [0.29, 0.717) is 38.5 Å². The van der Waals surface area contributed by atoms with Crippen LogP contribution in [0, 0.1) is 6.92 Å². The molecule has 0 aliphatic carbocycles. The number of ether oxygens (including phenoxy) is 2. The fraction of sp³-hybridized carbons (Fsp3) is 0.391. The molecule has 1 aliphatic heterocycles. The van der Waals surface area contributed by atoms with Gasteiger partial charge >= 0.3 is 5.97 Å². The van der Waals surface area contributed by atoms with E-state index in [2.05, 4.69) is 4.98 Å². The Hall–Kier alpha value is -3.00. The van der Waals surface area contributed by atoms with Crippen molar-refractivity contribution in [1.82, 2.24) is 9.55 Å². The van der Waals surface area contributed by atoms with Crippen molar-refractivity contribution in [3.63, 3.8) is 0 Å². The average Bonchev–Trinajstić information content (AvgIpc) is 2.94. The molecule has 0 fully saturated rings. The molecule has 0 saturated heterocycles. The van der Waals surface area contributed by atoms with Crippen LogP contribution < -0.4 is 10.3 Å². The number of carbonyl (C=O) groups is 2. The molecule has 3 aromatic rings. The molecule has 8 heteroatoms. The highest BCUT2D eigenvalue weighted by molar-refractivity contribution is 7.20. The Labute approximate surface area is 183 Å². The van der Waals surface area contributed by atoms with Crippen LogP contribution in [0.25, 0.3) is 10.2 Å². The van der Waals surface area contributed by atoms with Gasteiger partial charge in [0.05, 0.1) is 12.5 Å². The maximum atomic E-state index is 13.1. The number of benzene rings is 1. The number of Topliss-reactive ketones (excluding diaryl/α,β-unsaturated/α-hetero) is 1. The van der Waals surface area contributed by atoms with E-state index in [1.165, 1.54) is 0 Å². The van der Waals surface area contributed by atoms with Crippen molar-refractivity contribution in [2.24, 2.45) is 0 Å². The summed E-state index contributed by atoms with van der Waals surface area (Å²) in [4.78, 5) is 44.1.